The normalized spacial score (nSPS) is 21.3. The van der Waals surface area contributed by atoms with E-state index < -0.39 is 0 Å². The molecule has 0 amide bonds. The average molecular weight is 152 g/mol. The molecule has 0 aromatic heterocycles. The molecule has 0 aliphatic carbocycles. The van der Waals surface area contributed by atoms with Gasteiger partial charge in [-0.05, 0) is 19.9 Å². The lowest BCUT2D eigenvalue weighted by atomic mass is 9.97. The lowest BCUT2D eigenvalue weighted by Crippen LogP contribution is -2.26. The van der Waals surface area contributed by atoms with Gasteiger partial charge in [0.2, 0.25) is 0 Å². The van der Waals surface area contributed by atoms with Gasteiger partial charge in [-0.25, -0.2) is 0 Å². The van der Waals surface area contributed by atoms with Crippen LogP contribution in [-0.4, -0.2) is 30.7 Å². The van der Waals surface area contributed by atoms with Gasteiger partial charge >= 0.3 is 0 Å². The second-order valence-corrected chi connectivity index (χ2v) is 3.82. The third kappa shape index (κ3) is 2.07. The number of hydrogen-bond acceptors (Lipinski definition) is 2. The molecule has 1 rings (SSSR count). The minimum absolute atomic E-state index is 0.0916. The van der Waals surface area contributed by atoms with Crippen molar-refractivity contribution in [3.63, 3.8) is 0 Å². The first-order valence-electron chi connectivity index (χ1n) is 3.93. The van der Waals surface area contributed by atoms with Gasteiger partial charge in [-0.2, -0.15) is 0 Å². The van der Waals surface area contributed by atoms with E-state index in [9.17, 15) is 0 Å². The molecular weight excluding hydrogens is 136 g/mol. The van der Waals surface area contributed by atoms with E-state index in [-0.39, 0.29) is 5.54 Å². The van der Waals surface area contributed by atoms with Crippen LogP contribution in [0.3, 0.4) is 0 Å². The van der Waals surface area contributed by atoms with E-state index in [1.165, 1.54) is 5.70 Å². The zero-order chi connectivity index (χ0) is 8.48. The first kappa shape index (κ1) is 8.31. The average Bonchev–Trinajstić information content (AvgIpc) is 1.85. The smallest absolute Gasteiger partial charge is 0.0606 e. The Kier molecular flexibility index (Phi) is 2.03. The molecule has 0 aromatic rings. The van der Waals surface area contributed by atoms with Gasteiger partial charge in [-0.15, -0.1) is 0 Å². The van der Waals surface area contributed by atoms with Crippen molar-refractivity contribution in [3.05, 3.63) is 11.8 Å². The highest BCUT2D eigenvalue weighted by Crippen LogP contribution is 2.23. The van der Waals surface area contributed by atoms with Crippen molar-refractivity contribution in [3.8, 4) is 0 Å². The van der Waals surface area contributed by atoms with Gasteiger partial charge in [0.1, 0.15) is 0 Å². The molecule has 62 valence electrons. The standard InChI is InChI=1S/C9H16N2/c1-9(2)7-8(11(3)4)5-6-10-9/h5-6H,7H2,1-4H3. The number of allylic oxidation sites excluding steroid dienone is 1. The lowest BCUT2D eigenvalue weighted by Gasteiger charge is -2.28. The molecule has 0 atom stereocenters. The monoisotopic (exact) mass is 152 g/mol. The fourth-order valence-corrected chi connectivity index (χ4v) is 1.18. The van der Waals surface area contributed by atoms with Crippen molar-refractivity contribution in [1.82, 2.24) is 4.90 Å². The zero-order valence-corrected chi connectivity index (χ0v) is 7.76. The summed E-state index contributed by atoms with van der Waals surface area (Å²) in [6.07, 6.45) is 5.01. The molecule has 1 aliphatic heterocycles. The molecule has 0 bridgehead atoms. The minimum atomic E-state index is 0.0916. The van der Waals surface area contributed by atoms with Crippen molar-refractivity contribution in [2.45, 2.75) is 25.8 Å². The summed E-state index contributed by atoms with van der Waals surface area (Å²) >= 11 is 0. The van der Waals surface area contributed by atoms with Crippen LogP contribution in [0.25, 0.3) is 0 Å². The second kappa shape index (κ2) is 2.68. The van der Waals surface area contributed by atoms with E-state index >= 15 is 0 Å². The fraction of sp³-hybridized carbons (Fsp3) is 0.667. The summed E-state index contributed by atoms with van der Waals surface area (Å²) in [4.78, 5) is 6.51. The molecule has 2 heteroatoms. The fourth-order valence-electron chi connectivity index (χ4n) is 1.18. The molecule has 0 radical (unpaired) electrons. The van der Waals surface area contributed by atoms with Gasteiger partial charge < -0.3 is 4.90 Å². The molecular formula is C9H16N2. The first-order valence-corrected chi connectivity index (χ1v) is 3.93. The molecule has 0 N–H and O–H groups in total. The Hall–Kier alpha value is -0.790. The van der Waals surface area contributed by atoms with Crippen LogP contribution in [0.4, 0.5) is 0 Å². The topological polar surface area (TPSA) is 15.6 Å². The van der Waals surface area contributed by atoms with Crippen LogP contribution < -0.4 is 0 Å². The highest BCUT2D eigenvalue weighted by molar-refractivity contribution is 5.73. The highest BCUT2D eigenvalue weighted by atomic mass is 15.1. The van der Waals surface area contributed by atoms with E-state index in [0.29, 0.717) is 0 Å². The second-order valence-electron chi connectivity index (χ2n) is 3.82. The number of hydrogen-bond donors (Lipinski definition) is 0. The van der Waals surface area contributed by atoms with Crippen LogP contribution in [0, 0.1) is 0 Å². The van der Waals surface area contributed by atoms with Gasteiger partial charge in [-0.3, -0.25) is 4.99 Å². The summed E-state index contributed by atoms with van der Waals surface area (Å²) in [6.45, 7) is 4.31. The Morgan fingerprint density at radius 3 is 2.45 bits per heavy atom. The lowest BCUT2D eigenvalue weighted by molar-refractivity contribution is 0.414. The summed E-state index contributed by atoms with van der Waals surface area (Å²) in [5.74, 6) is 0. The van der Waals surface area contributed by atoms with E-state index in [2.05, 4.69) is 43.9 Å². The molecule has 0 fully saturated rings. The molecule has 2 nitrogen and oxygen atoms in total. The van der Waals surface area contributed by atoms with E-state index in [1.54, 1.807) is 0 Å². The number of nitrogens with zero attached hydrogens (tertiary/aromatic N) is 2. The van der Waals surface area contributed by atoms with Crippen LogP contribution in [0.5, 0.6) is 0 Å². The molecule has 0 aromatic carbocycles. The van der Waals surface area contributed by atoms with Gasteiger partial charge in [-0.1, -0.05) is 0 Å². The van der Waals surface area contributed by atoms with Gasteiger partial charge in [0.15, 0.2) is 0 Å². The number of rotatable bonds is 1. The SMILES string of the molecule is CN(C)C1=CC=NC(C)(C)C1. The third-order valence-electron chi connectivity index (χ3n) is 1.88. The van der Waals surface area contributed by atoms with Crippen LogP contribution in [0.2, 0.25) is 0 Å². The quantitative estimate of drug-likeness (QED) is 0.558. The van der Waals surface area contributed by atoms with Crippen LogP contribution in [-0.2, 0) is 0 Å². The molecule has 11 heavy (non-hydrogen) atoms. The van der Waals surface area contributed by atoms with E-state index in [4.69, 9.17) is 0 Å². The Labute approximate surface area is 68.6 Å². The number of dihydropyridines is 1. The third-order valence-corrected chi connectivity index (χ3v) is 1.88. The maximum atomic E-state index is 4.37. The Balaban J connectivity index is 2.73. The molecule has 1 aliphatic rings. The van der Waals surface area contributed by atoms with Crippen molar-refractivity contribution in [2.75, 3.05) is 14.1 Å². The molecule has 0 saturated heterocycles. The molecule has 0 saturated carbocycles. The van der Waals surface area contributed by atoms with Gasteiger partial charge in [0.25, 0.3) is 0 Å². The van der Waals surface area contributed by atoms with Crippen molar-refractivity contribution in [2.24, 2.45) is 4.99 Å². The van der Waals surface area contributed by atoms with Crippen LogP contribution in [0.1, 0.15) is 20.3 Å². The molecule has 0 spiro atoms. The van der Waals surface area contributed by atoms with Crippen molar-refractivity contribution < 1.29 is 0 Å². The summed E-state index contributed by atoms with van der Waals surface area (Å²) in [6, 6.07) is 0. The number of aliphatic imine (C=N–C) groups is 1. The minimum Gasteiger partial charge on any atom is -0.381 e. The first-order chi connectivity index (χ1) is 5.01. The molecule has 0 unspecified atom stereocenters. The zero-order valence-electron chi connectivity index (χ0n) is 7.76. The maximum absolute atomic E-state index is 4.37. The largest absolute Gasteiger partial charge is 0.381 e. The maximum Gasteiger partial charge on any atom is 0.0606 e. The predicted octanol–water partition coefficient (Wildman–Crippen LogP) is 1.68. The Bertz CT molecular complexity index is 200. The predicted molar refractivity (Wildman–Crippen MR) is 49.0 cm³/mol. The molecule has 1 heterocycles. The van der Waals surface area contributed by atoms with Crippen LogP contribution in [0.15, 0.2) is 16.8 Å². The van der Waals surface area contributed by atoms with Crippen molar-refractivity contribution in [1.29, 1.82) is 0 Å². The van der Waals surface area contributed by atoms with E-state index in [0.717, 1.165) is 6.42 Å². The summed E-state index contributed by atoms with van der Waals surface area (Å²) in [7, 11) is 4.14. The van der Waals surface area contributed by atoms with Gasteiger partial charge in [0.05, 0.1) is 5.54 Å². The Morgan fingerprint density at radius 1 is 1.45 bits per heavy atom. The Morgan fingerprint density at radius 2 is 2.09 bits per heavy atom. The van der Waals surface area contributed by atoms with E-state index in [1.807, 2.05) is 6.21 Å². The van der Waals surface area contributed by atoms with Gasteiger partial charge in [0, 0.05) is 32.4 Å². The summed E-state index contributed by atoms with van der Waals surface area (Å²) in [5, 5.41) is 0. The summed E-state index contributed by atoms with van der Waals surface area (Å²) < 4.78 is 0. The van der Waals surface area contributed by atoms with Crippen LogP contribution >= 0.6 is 0 Å². The summed E-state index contributed by atoms with van der Waals surface area (Å²) in [5.41, 5.74) is 1.44. The highest BCUT2D eigenvalue weighted by Gasteiger charge is 2.20. The van der Waals surface area contributed by atoms with Crippen molar-refractivity contribution >= 4 is 6.21 Å².